The van der Waals surface area contributed by atoms with E-state index in [1.165, 1.54) is 24.3 Å². The van der Waals surface area contributed by atoms with E-state index < -0.39 is 21.8 Å². The molecule has 0 aliphatic carbocycles. The van der Waals surface area contributed by atoms with E-state index in [1.807, 2.05) is 0 Å². The number of aromatic carboxylic acids is 1. The topological polar surface area (TPSA) is 83.5 Å². The molecule has 2 aromatic carbocycles. The summed E-state index contributed by atoms with van der Waals surface area (Å²) in [6, 6.07) is 9.75. The van der Waals surface area contributed by atoms with Crippen molar-refractivity contribution >= 4 is 21.7 Å². The van der Waals surface area contributed by atoms with Crippen molar-refractivity contribution in [3.05, 3.63) is 53.8 Å². The zero-order valence-corrected chi connectivity index (χ0v) is 11.8. The van der Waals surface area contributed by atoms with Gasteiger partial charge in [0, 0.05) is 11.3 Å². The average molecular weight is 309 g/mol. The molecule has 21 heavy (non-hydrogen) atoms. The maximum absolute atomic E-state index is 14.0. The largest absolute Gasteiger partial charge is 0.478 e. The van der Waals surface area contributed by atoms with E-state index in [9.17, 15) is 17.6 Å². The van der Waals surface area contributed by atoms with Crippen LogP contribution >= 0.6 is 0 Å². The predicted octanol–water partition coefficient (Wildman–Crippen LogP) is 2.56. The third kappa shape index (κ3) is 3.79. The van der Waals surface area contributed by atoms with Crippen LogP contribution < -0.4 is 4.72 Å². The van der Waals surface area contributed by atoms with Gasteiger partial charge in [0.1, 0.15) is 5.82 Å². The molecule has 2 N–H and O–H groups in total. The summed E-state index contributed by atoms with van der Waals surface area (Å²) in [6.45, 7) is 0. The van der Waals surface area contributed by atoms with Gasteiger partial charge in [-0.3, -0.25) is 4.72 Å². The second-order valence-electron chi connectivity index (χ2n) is 4.45. The highest BCUT2D eigenvalue weighted by molar-refractivity contribution is 7.92. The fourth-order valence-corrected chi connectivity index (χ4v) is 2.40. The van der Waals surface area contributed by atoms with Crippen LogP contribution in [0.25, 0.3) is 11.1 Å². The first-order valence-electron chi connectivity index (χ1n) is 5.87. The van der Waals surface area contributed by atoms with Gasteiger partial charge in [-0.05, 0) is 29.8 Å². The first-order valence-corrected chi connectivity index (χ1v) is 7.76. The van der Waals surface area contributed by atoms with Crippen molar-refractivity contribution in [1.82, 2.24) is 0 Å². The molecule has 0 radical (unpaired) electrons. The summed E-state index contributed by atoms with van der Waals surface area (Å²) in [7, 11) is -3.43. The molecular weight excluding hydrogens is 297 g/mol. The molecule has 0 unspecified atom stereocenters. The third-order valence-corrected chi connectivity index (χ3v) is 3.30. The lowest BCUT2D eigenvalue weighted by Gasteiger charge is -2.08. The van der Waals surface area contributed by atoms with E-state index in [1.54, 1.807) is 12.1 Å². The summed E-state index contributed by atoms with van der Waals surface area (Å²) in [5.74, 6) is -1.90. The summed E-state index contributed by atoms with van der Waals surface area (Å²) in [4.78, 5) is 10.8. The van der Waals surface area contributed by atoms with Gasteiger partial charge in [-0.2, -0.15) is 0 Å². The van der Waals surface area contributed by atoms with Crippen molar-refractivity contribution in [1.29, 1.82) is 0 Å². The van der Waals surface area contributed by atoms with E-state index >= 15 is 0 Å². The molecule has 0 aromatic heterocycles. The minimum atomic E-state index is -3.43. The minimum absolute atomic E-state index is 0.151. The van der Waals surface area contributed by atoms with Gasteiger partial charge in [0.2, 0.25) is 10.0 Å². The number of halogens is 1. The van der Waals surface area contributed by atoms with Crippen LogP contribution in [0.1, 0.15) is 10.4 Å². The van der Waals surface area contributed by atoms with Gasteiger partial charge < -0.3 is 5.11 Å². The Kier molecular flexibility index (Phi) is 3.95. The van der Waals surface area contributed by atoms with Crippen molar-refractivity contribution in [2.75, 3.05) is 11.0 Å². The van der Waals surface area contributed by atoms with Crippen molar-refractivity contribution < 1.29 is 22.7 Å². The van der Waals surface area contributed by atoms with Gasteiger partial charge in [0.05, 0.1) is 11.8 Å². The van der Waals surface area contributed by atoms with Gasteiger partial charge in [0.15, 0.2) is 0 Å². The Labute approximate surface area is 121 Å². The molecule has 0 atom stereocenters. The Bertz CT molecular complexity index is 802. The molecule has 0 spiro atoms. The number of nitrogens with one attached hydrogen (secondary N) is 1. The number of benzene rings is 2. The smallest absolute Gasteiger partial charge is 0.335 e. The molecule has 2 rings (SSSR count). The van der Waals surface area contributed by atoms with Gasteiger partial charge in [0.25, 0.3) is 0 Å². The Morgan fingerprint density at radius 2 is 1.90 bits per heavy atom. The summed E-state index contributed by atoms with van der Waals surface area (Å²) in [6.07, 6.45) is 1.02. The van der Waals surface area contributed by atoms with E-state index in [-0.39, 0.29) is 11.1 Å². The summed E-state index contributed by atoms with van der Waals surface area (Å²) in [5.41, 5.74) is 0.786. The zero-order chi connectivity index (χ0) is 15.6. The lowest BCUT2D eigenvalue weighted by molar-refractivity contribution is 0.0696. The van der Waals surface area contributed by atoms with Crippen molar-refractivity contribution in [3.8, 4) is 11.1 Å². The molecule has 5 nitrogen and oxygen atoms in total. The van der Waals surface area contributed by atoms with Gasteiger partial charge in [-0.25, -0.2) is 17.6 Å². The Balaban J connectivity index is 2.43. The fraction of sp³-hybridized carbons (Fsp3) is 0.0714. The standard InChI is InChI=1S/C14H12FNO4S/c1-21(19,20)16-11-4-2-3-9(7-11)12-6-5-10(14(17)18)8-13(12)15/h2-8,16H,1H3,(H,17,18). The van der Waals surface area contributed by atoms with Crippen LogP contribution in [0.5, 0.6) is 0 Å². The van der Waals surface area contributed by atoms with Crippen molar-refractivity contribution in [3.63, 3.8) is 0 Å². The van der Waals surface area contributed by atoms with E-state index in [0.717, 1.165) is 12.3 Å². The average Bonchev–Trinajstić information content (AvgIpc) is 2.36. The maximum atomic E-state index is 14.0. The van der Waals surface area contributed by atoms with Gasteiger partial charge >= 0.3 is 5.97 Å². The number of carboxylic acid groups (broad SMARTS) is 1. The second kappa shape index (κ2) is 5.53. The molecule has 0 saturated carbocycles. The summed E-state index contributed by atoms with van der Waals surface area (Å²) in [5, 5.41) is 8.80. The number of carboxylic acids is 1. The Hall–Kier alpha value is -2.41. The van der Waals surface area contributed by atoms with Gasteiger partial charge in [-0.1, -0.05) is 18.2 Å². The van der Waals surface area contributed by atoms with Crippen LogP contribution in [0.4, 0.5) is 10.1 Å². The molecule has 0 bridgehead atoms. The molecule has 110 valence electrons. The quantitative estimate of drug-likeness (QED) is 0.909. The molecular formula is C14H12FNO4S. The monoisotopic (exact) mass is 309 g/mol. The van der Waals surface area contributed by atoms with Crippen LogP contribution in [0, 0.1) is 5.82 Å². The highest BCUT2D eigenvalue weighted by Gasteiger charge is 2.11. The third-order valence-electron chi connectivity index (χ3n) is 2.69. The molecule has 0 saturated heterocycles. The summed E-state index contributed by atoms with van der Waals surface area (Å²) >= 11 is 0. The fourth-order valence-electron chi connectivity index (χ4n) is 1.85. The van der Waals surface area contributed by atoms with Crippen LogP contribution in [0.2, 0.25) is 0 Å². The molecule has 2 aromatic rings. The zero-order valence-electron chi connectivity index (χ0n) is 11.0. The molecule has 0 aliphatic heterocycles. The van der Waals surface area contributed by atoms with Crippen LogP contribution in [0.3, 0.4) is 0 Å². The minimum Gasteiger partial charge on any atom is -0.478 e. The maximum Gasteiger partial charge on any atom is 0.335 e. The number of hydrogen-bond donors (Lipinski definition) is 2. The lowest BCUT2D eigenvalue weighted by Crippen LogP contribution is -2.09. The van der Waals surface area contributed by atoms with E-state index in [0.29, 0.717) is 11.3 Å². The number of anilines is 1. The molecule has 0 heterocycles. The number of hydrogen-bond acceptors (Lipinski definition) is 3. The van der Waals surface area contributed by atoms with Crippen LogP contribution in [-0.2, 0) is 10.0 Å². The number of sulfonamides is 1. The summed E-state index contributed by atoms with van der Waals surface area (Å²) < 4.78 is 38.6. The molecule has 0 aliphatic rings. The molecule has 7 heteroatoms. The second-order valence-corrected chi connectivity index (χ2v) is 6.20. The highest BCUT2D eigenvalue weighted by atomic mass is 32.2. The van der Waals surface area contributed by atoms with Gasteiger partial charge in [-0.15, -0.1) is 0 Å². The van der Waals surface area contributed by atoms with Crippen molar-refractivity contribution in [2.24, 2.45) is 0 Å². The van der Waals surface area contributed by atoms with Crippen molar-refractivity contribution in [2.45, 2.75) is 0 Å². The van der Waals surface area contributed by atoms with Crippen LogP contribution in [-0.4, -0.2) is 25.7 Å². The SMILES string of the molecule is CS(=O)(=O)Nc1cccc(-c2ccc(C(=O)O)cc2F)c1. The Morgan fingerprint density at radius 1 is 1.19 bits per heavy atom. The highest BCUT2D eigenvalue weighted by Crippen LogP contribution is 2.26. The Morgan fingerprint density at radius 3 is 2.48 bits per heavy atom. The van der Waals surface area contributed by atoms with E-state index in [2.05, 4.69) is 4.72 Å². The van der Waals surface area contributed by atoms with Crippen LogP contribution in [0.15, 0.2) is 42.5 Å². The molecule has 0 amide bonds. The number of rotatable bonds is 4. The van der Waals surface area contributed by atoms with E-state index in [4.69, 9.17) is 5.11 Å². The first-order chi connectivity index (χ1) is 9.76. The molecule has 0 fully saturated rings. The first kappa shape index (κ1) is 15.0. The predicted molar refractivity (Wildman–Crippen MR) is 77.3 cm³/mol. The lowest BCUT2D eigenvalue weighted by atomic mass is 10.0. The normalized spacial score (nSPS) is 11.1. The number of carbonyl (C=O) groups is 1.